The molecule has 0 spiro atoms. The van der Waals surface area contributed by atoms with Crippen molar-refractivity contribution in [3.8, 4) is 11.3 Å². The monoisotopic (exact) mass is 358 g/mol. The molecule has 0 radical (unpaired) electrons. The van der Waals surface area contributed by atoms with Crippen LogP contribution in [0.15, 0.2) is 34.0 Å². The molecule has 0 saturated heterocycles. The van der Waals surface area contributed by atoms with Crippen molar-refractivity contribution in [2.45, 2.75) is 11.4 Å². The fraction of sp³-hybridized carbons (Fsp3) is 0.308. The first-order valence-corrected chi connectivity index (χ1v) is 8.16. The molecule has 2 aromatic heterocycles. The lowest BCUT2D eigenvalue weighted by Crippen LogP contribution is -2.14. The summed E-state index contributed by atoms with van der Waals surface area (Å²) in [5.74, 6) is 0. The number of aromatic nitrogens is 3. The summed E-state index contributed by atoms with van der Waals surface area (Å²) in [7, 11) is -0.583. The summed E-state index contributed by atoms with van der Waals surface area (Å²) in [6, 6.07) is 1.18. The van der Waals surface area contributed by atoms with E-state index in [-0.39, 0.29) is 21.8 Å². The van der Waals surface area contributed by atoms with Crippen LogP contribution in [0.5, 0.6) is 0 Å². The molecule has 0 aliphatic carbocycles. The maximum Gasteiger partial charge on any atom is 0.333 e. The minimum Gasteiger partial charge on any atom is -0.397 e. The maximum atomic E-state index is 12.7. The third kappa shape index (κ3) is 4.11. The van der Waals surface area contributed by atoms with Crippen LogP contribution in [0, 0.1) is 0 Å². The van der Waals surface area contributed by atoms with Gasteiger partial charge in [0.05, 0.1) is 23.8 Å². The van der Waals surface area contributed by atoms with E-state index in [4.69, 9.17) is 5.73 Å². The molecule has 2 heterocycles. The molecular weight excluding hydrogens is 342 g/mol. The second-order valence-corrected chi connectivity index (χ2v) is 6.73. The minimum absolute atomic E-state index is 0.0434. The van der Waals surface area contributed by atoms with Crippen molar-refractivity contribution < 1.29 is 17.2 Å². The molecule has 0 saturated carbocycles. The van der Waals surface area contributed by atoms with Crippen LogP contribution in [-0.4, -0.2) is 54.9 Å². The number of pyridine rings is 1. The van der Waals surface area contributed by atoms with E-state index in [0.29, 0.717) is 11.2 Å². The van der Waals surface area contributed by atoms with Gasteiger partial charge in [-0.05, 0) is 20.2 Å². The standard InChI is InChI=1S/C13H16F2N6O2S/c1-20(2)4-3-19-24(22,23)11-5-10(16)7-17-12(11)9-6-18-21(8-9)13(14)15/h3,5-8,13H,4,16H2,1-2H3/b19-3+. The molecule has 8 nitrogen and oxygen atoms in total. The quantitative estimate of drug-likeness (QED) is 0.779. The Kier molecular flexibility index (Phi) is 5.24. The van der Waals surface area contributed by atoms with Crippen LogP contribution in [0.1, 0.15) is 6.55 Å². The van der Waals surface area contributed by atoms with E-state index in [1.165, 1.54) is 18.5 Å². The van der Waals surface area contributed by atoms with Crippen LogP contribution in [0.4, 0.5) is 14.5 Å². The third-order valence-corrected chi connectivity index (χ3v) is 4.18. The fourth-order valence-electron chi connectivity index (χ4n) is 1.79. The molecule has 0 bridgehead atoms. The van der Waals surface area contributed by atoms with Gasteiger partial charge < -0.3 is 10.6 Å². The minimum atomic E-state index is -4.09. The Morgan fingerprint density at radius 3 is 2.71 bits per heavy atom. The molecule has 11 heteroatoms. The Balaban J connectivity index is 2.49. The summed E-state index contributed by atoms with van der Waals surface area (Å²) in [4.78, 5) is 5.40. The molecular formula is C13H16F2N6O2S. The molecule has 0 fully saturated rings. The van der Waals surface area contributed by atoms with Crippen LogP contribution in [-0.2, 0) is 10.0 Å². The summed E-state index contributed by atoms with van der Waals surface area (Å²) in [5.41, 5.74) is 5.80. The van der Waals surface area contributed by atoms with Crippen LogP contribution in [0.25, 0.3) is 11.3 Å². The second kappa shape index (κ2) is 7.01. The number of rotatable bonds is 6. The van der Waals surface area contributed by atoms with Crippen LogP contribution in [0.3, 0.4) is 0 Å². The first-order valence-electron chi connectivity index (χ1n) is 6.72. The molecule has 2 aromatic rings. The number of anilines is 1. The van der Waals surface area contributed by atoms with Crippen molar-refractivity contribution in [2.24, 2.45) is 4.40 Å². The highest BCUT2D eigenvalue weighted by atomic mass is 32.2. The molecule has 0 aliphatic rings. The lowest BCUT2D eigenvalue weighted by atomic mass is 10.2. The van der Waals surface area contributed by atoms with Crippen molar-refractivity contribution in [2.75, 3.05) is 26.4 Å². The Hall–Kier alpha value is -2.40. The van der Waals surface area contributed by atoms with Gasteiger partial charge in [-0.1, -0.05) is 0 Å². The highest BCUT2D eigenvalue weighted by Crippen LogP contribution is 2.28. The predicted octanol–water partition coefficient (Wildman–Crippen LogP) is 1.24. The van der Waals surface area contributed by atoms with E-state index in [1.54, 1.807) is 19.0 Å². The number of hydrogen-bond donors (Lipinski definition) is 1. The molecule has 0 amide bonds. The number of halogens is 2. The van der Waals surface area contributed by atoms with Gasteiger partial charge in [0.1, 0.15) is 4.90 Å². The Labute approximate surface area is 137 Å². The van der Waals surface area contributed by atoms with Gasteiger partial charge in [0.15, 0.2) is 0 Å². The zero-order valence-electron chi connectivity index (χ0n) is 13.0. The van der Waals surface area contributed by atoms with Crippen molar-refractivity contribution >= 4 is 21.9 Å². The predicted molar refractivity (Wildman–Crippen MR) is 85.4 cm³/mol. The van der Waals surface area contributed by atoms with E-state index >= 15 is 0 Å². The van der Waals surface area contributed by atoms with Gasteiger partial charge in [-0.2, -0.15) is 26.7 Å². The number of nitrogen functional groups attached to an aromatic ring is 1. The van der Waals surface area contributed by atoms with Gasteiger partial charge in [-0.25, -0.2) is 4.68 Å². The third-order valence-electron chi connectivity index (χ3n) is 2.89. The van der Waals surface area contributed by atoms with E-state index in [9.17, 15) is 17.2 Å². The fourth-order valence-corrected chi connectivity index (χ4v) is 2.87. The average molecular weight is 358 g/mol. The van der Waals surface area contributed by atoms with Gasteiger partial charge in [0.25, 0.3) is 10.0 Å². The Morgan fingerprint density at radius 2 is 2.12 bits per heavy atom. The molecule has 2 rings (SSSR count). The summed E-state index contributed by atoms with van der Waals surface area (Å²) in [5, 5.41) is 3.48. The maximum absolute atomic E-state index is 12.7. The SMILES string of the molecule is CN(C)C/C=N/S(=O)(=O)c1cc(N)cnc1-c1cnn(C(F)F)c1. The molecule has 0 unspecified atom stereocenters. The van der Waals surface area contributed by atoms with Crippen molar-refractivity contribution in [3.05, 3.63) is 24.7 Å². The van der Waals surface area contributed by atoms with Crippen LogP contribution in [0.2, 0.25) is 0 Å². The number of alkyl halides is 2. The zero-order valence-corrected chi connectivity index (χ0v) is 13.8. The molecule has 0 atom stereocenters. The van der Waals surface area contributed by atoms with E-state index in [2.05, 4.69) is 14.5 Å². The van der Waals surface area contributed by atoms with E-state index < -0.39 is 16.6 Å². The number of sulfonamides is 1. The largest absolute Gasteiger partial charge is 0.397 e. The summed E-state index contributed by atoms with van der Waals surface area (Å²) in [6.07, 6.45) is 4.57. The average Bonchev–Trinajstić information content (AvgIpc) is 2.96. The first-order chi connectivity index (χ1) is 11.2. The lowest BCUT2D eigenvalue weighted by molar-refractivity contribution is 0.0566. The van der Waals surface area contributed by atoms with Crippen molar-refractivity contribution in [1.29, 1.82) is 0 Å². The number of nitrogens with zero attached hydrogens (tertiary/aromatic N) is 5. The molecule has 0 aromatic carbocycles. The normalized spacial score (nSPS) is 12.6. The zero-order chi connectivity index (χ0) is 17.9. The van der Waals surface area contributed by atoms with Crippen LogP contribution >= 0.6 is 0 Å². The van der Waals surface area contributed by atoms with E-state index in [1.807, 2.05) is 0 Å². The first kappa shape index (κ1) is 17.9. The molecule has 2 N–H and O–H groups in total. The van der Waals surface area contributed by atoms with E-state index in [0.717, 1.165) is 12.4 Å². The molecule has 24 heavy (non-hydrogen) atoms. The second-order valence-electron chi connectivity index (χ2n) is 5.13. The summed E-state index contributed by atoms with van der Waals surface area (Å²) >= 11 is 0. The summed E-state index contributed by atoms with van der Waals surface area (Å²) in [6.45, 7) is -2.53. The van der Waals surface area contributed by atoms with Crippen LogP contribution < -0.4 is 5.73 Å². The Bertz CT molecular complexity index is 848. The molecule has 130 valence electrons. The van der Waals surface area contributed by atoms with Gasteiger partial charge in [-0.15, -0.1) is 0 Å². The van der Waals surface area contributed by atoms with Gasteiger partial charge in [0.2, 0.25) is 0 Å². The Morgan fingerprint density at radius 1 is 1.42 bits per heavy atom. The highest BCUT2D eigenvalue weighted by Gasteiger charge is 2.22. The van der Waals surface area contributed by atoms with Crippen molar-refractivity contribution in [3.63, 3.8) is 0 Å². The van der Waals surface area contributed by atoms with Gasteiger partial charge >= 0.3 is 6.55 Å². The van der Waals surface area contributed by atoms with Gasteiger partial charge in [-0.3, -0.25) is 4.98 Å². The van der Waals surface area contributed by atoms with Gasteiger partial charge in [0, 0.05) is 24.5 Å². The summed E-state index contributed by atoms with van der Waals surface area (Å²) < 4.78 is 54.1. The number of hydrogen-bond acceptors (Lipinski definition) is 6. The smallest absolute Gasteiger partial charge is 0.333 e. The number of nitrogens with two attached hydrogens (primary N) is 1. The molecule has 0 aliphatic heterocycles. The van der Waals surface area contributed by atoms with Crippen molar-refractivity contribution in [1.82, 2.24) is 19.7 Å². The lowest BCUT2D eigenvalue weighted by Gasteiger charge is -2.07. The topological polar surface area (TPSA) is 106 Å². The highest BCUT2D eigenvalue weighted by molar-refractivity contribution is 7.90.